The quantitative estimate of drug-likeness (QED) is 0.561. The van der Waals surface area contributed by atoms with Crippen LogP contribution < -0.4 is 0 Å². The monoisotopic (exact) mass is 228 g/mol. The first-order chi connectivity index (χ1) is 7.18. The summed E-state index contributed by atoms with van der Waals surface area (Å²) in [7, 11) is 0. The summed E-state index contributed by atoms with van der Waals surface area (Å²) in [5, 5.41) is 10.1. The topological polar surface area (TPSA) is 46.5 Å². The molecule has 0 rings (SSSR count). The van der Waals surface area contributed by atoms with Gasteiger partial charge in [-0.3, -0.25) is 4.79 Å². The van der Waals surface area contributed by atoms with Crippen molar-refractivity contribution in [2.24, 2.45) is 5.41 Å². The van der Waals surface area contributed by atoms with Gasteiger partial charge in [-0.1, -0.05) is 27.2 Å². The first kappa shape index (κ1) is 15.2. The Hall–Kier alpha value is -0.830. The predicted molar refractivity (Wildman–Crippen MR) is 64.8 cm³/mol. The predicted octanol–water partition coefficient (Wildman–Crippen LogP) is 3.03. The maximum Gasteiger partial charge on any atom is 0.307 e. The van der Waals surface area contributed by atoms with E-state index in [4.69, 9.17) is 0 Å². The number of carbonyl (C=O) groups is 1. The highest BCUT2D eigenvalue weighted by Gasteiger charge is 2.28. The highest BCUT2D eigenvalue weighted by Crippen LogP contribution is 2.33. The number of rotatable bonds is 6. The summed E-state index contributed by atoms with van der Waals surface area (Å²) in [5.74, 6) is -0.375. The van der Waals surface area contributed by atoms with Crippen molar-refractivity contribution < 1.29 is 14.6 Å². The number of hydrogen-bond donors (Lipinski definition) is 1. The van der Waals surface area contributed by atoms with Crippen molar-refractivity contribution in [3.05, 3.63) is 12.3 Å². The maximum absolute atomic E-state index is 10.6. The molecule has 0 saturated heterocycles. The minimum absolute atomic E-state index is 0.0822. The molecule has 1 atom stereocenters. The van der Waals surface area contributed by atoms with Crippen LogP contribution in [0.25, 0.3) is 0 Å². The van der Waals surface area contributed by atoms with Crippen LogP contribution in [0.5, 0.6) is 0 Å². The zero-order valence-corrected chi connectivity index (χ0v) is 11.0. The van der Waals surface area contributed by atoms with Gasteiger partial charge in [-0.05, 0) is 31.3 Å². The van der Waals surface area contributed by atoms with Crippen LogP contribution in [-0.2, 0) is 9.53 Å². The van der Waals surface area contributed by atoms with Crippen LogP contribution in [-0.4, -0.2) is 16.7 Å². The average molecular weight is 228 g/mol. The van der Waals surface area contributed by atoms with Crippen LogP contribution in [0, 0.1) is 5.41 Å². The van der Waals surface area contributed by atoms with Crippen LogP contribution in [0.4, 0.5) is 0 Å². The lowest BCUT2D eigenvalue weighted by Gasteiger charge is -2.31. The van der Waals surface area contributed by atoms with E-state index in [2.05, 4.69) is 25.5 Å². The third-order valence-corrected chi connectivity index (χ3v) is 2.42. The van der Waals surface area contributed by atoms with E-state index in [1.807, 2.05) is 0 Å². The Kier molecular flexibility index (Phi) is 5.73. The molecule has 0 fully saturated rings. The number of carbonyl (C=O) groups excluding carboxylic acids is 1. The van der Waals surface area contributed by atoms with E-state index in [1.165, 1.54) is 19.3 Å². The fraction of sp³-hybridized carbons (Fsp3) is 0.769. The molecule has 0 aromatic heterocycles. The Morgan fingerprint density at radius 3 is 2.38 bits per heavy atom. The molecule has 0 saturated carbocycles. The van der Waals surface area contributed by atoms with Gasteiger partial charge in [0.15, 0.2) is 0 Å². The zero-order valence-electron chi connectivity index (χ0n) is 11.0. The second kappa shape index (κ2) is 6.04. The van der Waals surface area contributed by atoms with E-state index < -0.39 is 5.60 Å². The number of esters is 1. The lowest BCUT2D eigenvalue weighted by atomic mass is 9.78. The Morgan fingerprint density at radius 2 is 1.94 bits per heavy atom. The molecule has 1 N–H and O–H groups in total. The van der Waals surface area contributed by atoms with Gasteiger partial charge < -0.3 is 9.84 Å². The molecule has 0 aromatic carbocycles. The Bertz CT molecular complexity index is 252. The van der Waals surface area contributed by atoms with Crippen molar-refractivity contribution >= 4 is 5.97 Å². The first-order valence-corrected chi connectivity index (χ1v) is 5.76. The third kappa shape index (κ3) is 7.46. The molecule has 94 valence electrons. The minimum Gasteiger partial charge on any atom is -0.435 e. The normalized spacial score (nSPS) is 16.1. The molecule has 0 heterocycles. The van der Waals surface area contributed by atoms with E-state index in [-0.39, 0.29) is 11.4 Å². The summed E-state index contributed by atoms with van der Waals surface area (Å²) < 4.78 is 4.67. The van der Waals surface area contributed by atoms with Crippen molar-refractivity contribution in [3.63, 3.8) is 0 Å². The van der Waals surface area contributed by atoms with Gasteiger partial charge in [0.2, 0.25) is 0 Å². The van der Waals surface area contributed by atoms with Gasteiger partial charge in [-0.2, -0.15) is 0 Å². The van der Waals surface area contributed by atoms with Gasteiger partial charge in [0.05, 0.1) is 11.9 Å². The molecule has 3 nitrogen and oxygen atoms in total. The molecule has 0 radical (unpaired) electrons. The van der Waals surface area contributed by atoms with Gasteiger partial charge in [-0.15, -0.1) is 0 Å². The summed E-state index contributed by atoms with van der Waals surface area (Å²) in [6.45, 7) is 9.45. The van der Waals surface area contributed by atoms with Crippen molar-refractivity contribution in [2.75, 3.05) is 0 Å². The van der Waals surface area contributed by atoms with Crippen LogP contribution in [0.15, 0.2) is 12.3 Å². The van der Waals surface area contributed by atoms with Crippen LogP contribution in [0.2, 0.25) is 0 Å². The standard InChI is InChI=1S/C13H24O3/c1-6-7-12(3,4)10-13(5,15)8-9-16-11(2)14/h8-9,15H,6-7,10H2,1-5H3/b9-8+. The fourth-order valence-electron chi connectivity index (χ4n) is 2.07. The van der Waals surface area contributed by atoms with E-state index in [9.17, 15) is 9.90 Å². The molecule has 0 aromatic rings. The molecule has 0 aliphatic rings. The molecule has 3 heteroatoms. The van der Waals surface area contributed by atoms with Gasteiger partial charge in [0.1, 0.15) is 0 Å². The average Bonchev–Trinajstić information content (AvgIpc) is 1.99. The number of aliphatic hydroxyl groups is 1. The fourth-order valence-corrected chi connectivity index (χ4v) is 2.07. The molecular formula is C13H24O3. The van der Waals surface area contributed by atoms with Crippen LogP contribution in [0.1, 0.15) is 53.9 Å². The summed E-state index contributed by atoms with van der Waals surface area (Å²) in [5.41, 5.74) is -0.854. The smallest absolute Gasteiger partial charge is 0.307 e. The Morgan fingerprint density at radius 1 is 1.38 bits per heavy atom. The van der Waals surface area contributed by atoms with Crippen molar-refractivity contribution in [1.29, 1.82) is 0 Å². The van der Waals surface area contributed by atoms with Crippen LogP contribution >= 0.6 is 0 Å². The largest absolute Gasteiger partial charge is 0.435 e. The summed E-state index contributed by atoms with van der Waals surface area (Å²) in [6.07, 6.45) is 5.60. The molecular weight excluding hydrogens is 204 g/mol. The van der Waals surface area contributed by atoms with Crippen molar-refractivity contribution in [3.8, 4) is 0 Å². The molecule has 1 unspecified atom stereocenters. The van der Waals surface area contributed by atoms with Gasteiger partial charge in [0.25, 0.3) is 0 Å². The maximum atomic E-state index is 10.6. The summed E-state index contributed by atoms with van der Waals surface area (Å²) in [6, 6.07) is 0. The first-order valence-electron chi connectivity index (χ1n) is 5.76. The molecule has 0 aliphatic carbocycles. The lowest BCUT2D eigenvalue weighted by molar-refractivity contribution is -0.135. The molecule has 16 heavy (non-hydrogen) atoms. The molecule has 0 bridgehead atoms. The Labute approximate surface area is 98.5 Å². The third-order valence-electron chi connectivity index (χ3n) is 2.42. The van der Waals surface area contributed by atoms with Gasteiger partial charge in [-0.25, -0.2) is 0 Å². The van der Waals surface area contributed by atoms with Crippen LogP contribution in [0.3, 0.4) is 0 Å². The van der Waals surface area contributed by atoms with E-state index in [1.54, 1.807) is 6.92 Å². The van der Waals surface area contributed by atoms with Gasteiger partial charge in [0, 0.05) is 6.92 Å². The number of ether oxygens (including phenoxy) is 1. The second-order valence-electron chi connectivity index (χ2n) is 5.36. The van der Waals surface area contributed by atoms with Crippen molar-refractivity contribution in [2.45, 2.75) is 59.5 Å². The van der Waals surface area contributed by atoms with E-state index in [0.717, 1.165) is 12.8 Å². The van der Waals surface area contributed by atoms with Crippen molar-refractivity contribution in [1.82, 2.24) is 0 Å². The molecule has 0 spiro atoms. The molecule has 0 aliphatic heterocycles. The summed E-state index contributed by atoms with van der Waals surface area (Å²) >= 11 is 0. The highest BCUT2D eigenvalue weighted by atomic mass is 16.5. The second-order valence-corrected chi connectivity index (χ2v) is 5.36. The minimum atomic E-state index is -0.936. The Balaban J connectivity index is 4.33. The summed E-state index contributed by atoms with van der Waals surface area (Å²) in [4.78, 5) is 10.6. The number of hydrogen-bond acceptors (Lipinski definition) is 3. The zero-order chi connectivity index (χ0) is 12.8. The van der Waals surface area contributed by atoms with E-state index in [0.29, 0.717) is 6.42 Å². The highest BCUT2D eigenvalue weighted by molar-refractivity contribution is 5.66. The lowest BCUT2D eigenvalue weighted by Crippen LogP contribution is -2.29. The molecule has 0 amide bonds. The van der Waals surface area contributed by atoms with E-state index >= 15 is 0 Å². The van der Waals surface area contributed by atoms with Gasteiger partial charge >= 0.3 is 5.97 Å². The SMILES string of the molecule is CCCC(C)(C)CC(C)(O)/C=C/OC(C)=O.